The van der Waals surface area contributed by atoms with Crippen LogP contribution in [0.3, 0.4) is 0 Å². The Balaban J connectivity index is 3.20. The molecule has 76 valence electrons. The zero-order valence-electron chi connectivity index (χ0n) is 8.39. The molecular formula is C8H13N5O. The van der Waals surface area contributed by atoms with Crippen LogP contribution in [0, 0.1) is 6.92 Å². The van der Waals surface area contributed by atoms with Crippen molar-refractivity contribution >= 4 is 11.7 Å². The smallest absolute Gasteiger partial charge is 0.188 e. The van der Waals surface area contributed by atoms with E-state index in [4.69, 9.17) is 10.9 Å². The molecule has 1 heterocycles. The van der Waals surface area contributed by atoms with E-state index in [2.05, 4.69) is 15.1 Å². The van der Waals surface area contributed by atoms with E-state index in [1.807, 2.05) is 19.0 Å². The molecule has 0 bridgehead atoms. The summed E-state index contributed by atoms with van der Waals surface area (Å²) in [5.41, 5.74) is 5.84. The van der Waals surface area contributed by atoms with Gasteiger partial charge in [-0.15, -0.1) is 0 Å². The first-order valence-corrected chi connectivity index (χ1v) is 4.05. The molecule has 1 aromatic rings. The summed E-state index contributed by atoms with van der Waals surface area (Å²) in [6.07, 6.45) is 0. The van der Waals surface area contributed by atoms with E-state index in [-0.39, 0.29) is 5.84 Å². The van der Waals surface area contributed by atoms with Gasteiger partial charge >= 0.3 is 0 Å². The van der Waals surface area contributed by atoms with Gasteiger partial charge < -0.3 is 15.8 Å². The average molecular weight is 195 g/mol. The number of aromatic nitrogens is 2. The molecule has 6 heteroatoms. The van der Waals surface area contributed by atoms with Crippen LogP contribution in [-0.2, 0) is 0 Å². The quantitative estimate of drug-likeness (QED) is 0.299. The molecule has 0 amide bonds. The molecule has 0 aliphatic carbocycles. The summed E-state index contributed by atoms with van der Waals surface area (Å²) in [4.78, 5) is 10.0. The number of anilines is 1. The standard InChI is InChI=1S/C8H13N5O/c1-5-10-6(8(9)12-14)4-7(11-5)13(2)3/h4,14H,1-3H3,(H2,9,12). The molecule has 1 aromatic heterocycles. The van der Waals surface area contributed by atoms with Crippen molar-refractivity contribution in [1.82, 2.24) is 9.97 Å². The van der Waals surface area contributed by atoms with Gasteiger partial charge in [0, 0.05) is 20.2 Å². The van der Waals surface area contributed by atoms with Crippen LogP contribution in [0.5, 0.6) is 0 Å². The molecule has 0 radical (unpaired) electrons. The van der Waals surface area contributed by atoms with Crippen LogP contribution < -0.4 is 10.6 Å². The monoisotopic (exact) mass is 195 g/mol. The number of aryl methyl sites for hydroxylation is 1. The van der Waals surface area contributed by atoms with Crippen LogP contribution in [-0.4, -0.2) is 35.1 Å². The number of hydrogen-bond acceptors (Lipinski definition) is 5. The van der Waals surface area contributed by atoms with Gasteiger partial charge in [-0.05, 0) is 6.92 Å². The lowest BCUT2D eigenvalue weighted by molar-refractivity contribution is 0.318. The maximum atomic E-state index is 8.50. The Morgan fingerprint density at radius 3 is 2.64 bits per heavy atom. The molecule has 0 aliphatic heterocycles. The Morgan fingerprint density at radius 1 is 1.50 bits per heavy atom. The second kappa shape index (κ2) is 3.91. The van der Waals surface area contributed by atoms with Gasteiger partial charge in [0.05, 0.1) is 0 Å². The van der Waals surface area contributed by atoms with Gasteiger partial charge in [0.25, 0.3) is 0 Å². The molecule has 0 fully saturated rings. The molecule has 0 saturated carbocycles. The van der Waals surface area contributed by atoms with Crippen molar-refractivity contribution in [3.05, 3.63) is 17.6 Å². The van der Waals surface area contributed by atoms with E-state index < -0.39 is 0 Å². The van der Waals surface area contributed by atoms with Gasteiger partial charge in [0.2, 0.25) is 0 Å². The molecule has 0 atom stereocenters. The first kappa shape index (κ1) is 10.2. The first-order valence-electron chi connectivity index (χ1n) is 4.05. The van der Waals surface area contributed by atoms with E-state index in [1.54, 1.807) is 13.0 Å². The van der Waals surface area contributed by atoms with Crippen molar-refractivity contribution < 1.29 is 5.21 Å². The molecule has 0 aromatic carbocycles. The first-order chi connectivity index (χ1) is 6.54. The van der Waals surface area contributed by atoms with Crippen molar-refractivity contribution in [2.24, 2.45) is 10.9 Å². The number of nitrogens with zero attached hydrogens (tertiary/aromatic N) is 4. The van der Waals surface area contributed by atoms with Crippen LogP contribution in [0.4, 0.5) is 5.82 Å². The molecule has 0 unspecified atom stereocenters. The second-order valence-electron chi connectivity index (χ2n) is 3.04. The van der Waals surface area contributed by atoms with Gasteiger partial charge in [-0.1, -0.05) is 5.16 Å². The fourth-order valence-electron chi connectivity index (χ4n) is 0.963. The highest BCUT2D eigenvalue weighted by atomic mass is 16.4. The Bertz CT molecular complexity index is 361. The molecule has 0 spiro atoms. The van der Waals surface area contributed by atoms with Crippen molar-refractivity contribution in [3.8, 4) is 0 Å². The normalized spacial score (nSPS) is 11.5. The Labute approximate surface area is 82.1 Å². The summed E-state index contributed by atoms with van der Waals surface area (Å²) in [6, 6.07) is 1.65. The van der Waals surface area contributed by atoms with Gasteiger partial charge in [-0.3, -0.25) is 0 Å². The summed E-state index contributed by atoms with van der Waals surface area (Å²) in [5, 5.41) is 11.4. The zero-order valence-corrected chi connectivity index (χ0v) is 8.39. The summed E-state index contributed by atoms with van der Waals surface area (Å²) in [7, 11) is 3.72. The third-order valence-corrected chi connectivity index (χ3v) is 1.65. The number of nitrogens with two attached hydrogens (primary N) is 1. The lowest BCUT2D eigenvalue weighted by Gasteiger charge is -2.12. The summed E-state index contributed by atoms with van der Waals surface area (Å²) in [5.74, 6) is 1.29. The SMILES string of the molecule is Cc1nc(/C(N)=N\O)cc(N(C)C)n1. The molecule has 3 N–H and O–H groups in total. The number of amidine groups is 1. The number of oxime groups is 1. The van der Waals surface area contributed by atoms with Crippen molar-refractivity contribution in [3.63, 3.8) is 0 Å². The van der Waals surface area contributed by atoms with Crippen LogP contribution in [0.1, 0.15) is 11.5 Å². The molecule has 0 saturated heterocycles. The van der Waals surface area contributed by atoms with Crippen molar-refractivity contribution in [2.45, 2.75) is 6.92 Å². The van der Waals surface area contributed by atoms with Crippen LogP contribution in [0.25, 0.3) is 0 Å². The predicted molar refractivity (Wildman–Crippen MR) is 53.6 cm³/mol. The molecule has 14 heavy (non-hydrogen) atoms. The lowest BCUT2D eigenvalue weighted by Crippen LogP contribution is -2.19. The Kier molecular flexibility index (Phi) is 2.85. The Morgan fingerprint density at radius 2 is 2.14 bits per heavy atom. The van der Waals surface area contributed by atoms with Gasteiger partial charge in [0.15, 0.2) is 5.84 Å². The van der Waals surface area contributed by atoms with Crippen molar-refractivity contribution in [2.75, 3.05) is 19.0 Å². The third-order valence-electron chi connectivity index (χ3n) is 1.65. The zero-order chi connectivity index (χ0) is 10.7. The fraction of sp³-hybridized carbons (Fsp3) is 0.375. The molecule has 6 nitrogen and oxygen atoms in total. The van der Waals surface area contributed by atoms with E-state index in [0.717, 1.165) is 5.82 Å². The fourth-order valence-corrected chi connectivity index (χ4v) is 0.963. The highest BCUT2D eigenvalue weighted by Gasteiger charge is 2.06. The molecule has 1 rings (SSSR count). The van der Waals surface area contributed by atoms with Gasteiger partial charge in [-0.25, -0.2) is 9.97 Å². The maximum absolute atomic E-state index is 8.50. The minimum absolute atomic E-state index is 0.0152. The highest BCUT2D eigenvalue weighted by Crippen LogP contribution is 2.08. The second-order valence-corrected chi connectivity index (χ2v) is 3.04. The van der Waals surface area contributed by atoms with Crippen LogP contribution in [0.15, 0.2) is 11.2 Å². The topological polar surface area (TPSA) is 87.6 Å². The van der Waals surface area contributed by atoms with Crippen molar-refractivity contribution in [1.29, 1.82) is 0 Å². The molecule has 0 aliphatic rings. The molecular weight excluding hydrogens is 182 g/mol. The summed E-state index contributed by atoms with van der Waals surface area (Å²) >= 11 is 0. The van der Waals surface area contributed by atoms with Gasteiger partial charge in [-0.2, -0.15) is 0 Å². The van der Waals surface area contributed by atoms with E-state index in [9.17, 15) is 0 Å². The number of hydrogen-bond donors (Lipinski definition) is 2. The van der Waals surface area contributed by atoms with Crippen LogP contribution in [0.2, 0.25) is 0 Å². The van der Waals surface area contributed by atoms with E-state index >= 15 is 0 Å². The average Bonchev–Trinajstić information content (AvgIpc) is 2.15. The third kappa shape index (κ3) is 2.09. The minimum atomic E-state index is -0.0152. The minimum Gasteiger partial charge on any atom is -0.409 e. The van der Waals surface area contributed by atoms with E-state index in [0.29, 0.717) is 11.5 Å². The lowest BCUT2D eigenvalue weighted by atomic mass is 10.3. The van der Waals surface area contributed by atoms with E-state index in [1.165, 1.54) is 0 Å². The largest absolute Gasteiger partial charge is 0.409 e. The summed E-state index contributed by atoms with van der Waals surface area (Å²) < 4.78 is 0. The Hall–Kier alpha value is -1.85. The van der Waals surface area contributed by atoms with Crippen LogP contribution >= 0.6 is 0 Å². The maximum Gasteiger partial charge on any atom is 0.188 e. The predicted octanol–water partition coefficient (Wildman–Crippen LogP) is -0.0545. The number of rotatable bonds is 2. The summed E-state index contributed by atoms with van der Waals surface area (Å²) in [6.45, 7) is 1.75. The highest BCUT2D eigenvalue weighted by molar-refractivity contribution is 5.95. The van der Waals surface area contributed by atoms with Gasteiger partial charge in [0.1, 0.15) is 17.3 Å².